The highest BCUT2D eigenvalue weighted by Crippen LogP contribution is 2.35. The van der Waals surface area contributed by atoms with Crippen LogP contribution in [0, 0.1) is 16.0 Å². The van der Waals surface area contributed by atoms with Gasteiger partial charge in [-0.15, -0.1) is 0 Å². The van der Waals surface area contributed by atoms with Gasteiger partial charge < -0.3 is 19.1 Å². The van der Waals surface area contributed by atoms with E-state index in [1.807, 2.05) is 6.07 Å². The molecule has 0 radical (unpaired) electrons. The number of hydrogen-bond acceptors (Lipinski definition) is 7. The van der Waals surface area contributed by atoms with E-state index in [1.165, 1.54) is 14.2 Å². The van der Waals surface area contributed by atoms with Crippen molar-refractivity contribution in [2.45, 2.75) is 32.2 Å². The zero-order valence-corrected chi connectivity index (χ0v) is 16.3. The molecule has 0 spiro atoms. The summed E-state index contributed by atoms with van der Waals surface area (Å²) in [5, 5.41) is 11.8. The normalized spacial score (nSPS) is 18.4. The number of ether oxygens (including phenoxy) is 3. The largest absolute Gasteiger partial charge is 0.469 e. The number of methoxy groups -OCH3 is 2. The highest BCUT2D eigenvalue weighted by molar-refractivity contribution is 5.71. The Morgan fingerprint density at radius 3 is 2.74 bits per heavy atom. The molecule has 1 fully saturated rings. The number of hydrogen-bond donors (Lipinski definition) is 0. The van der Waals surface area contributed by atoms with Gasteiger partial charge in [0.1, 0.15) is 5.69 Å². The Hall–Kier alpha value is -2.19. The number of carbonyl (C=O) groups is 1. The lowest BCUT2D eigenvalue weighted by Crippen LogP contribution is -2.48. The van der Waals surface area contributed by atoms with Gasteiger partial charge in [0.15, 0.2) is 0 Å². The van der Waals surface area contributed by atoms with E-state index in [2.05, 4.69) is 18.7 Å². The molecular weight excluding hydrogens is 352 g/mol. The molecule has 1 heterocycles. The lowest BCUT2D eigenvalue weighted by Gasteiger charge is -2.39. The molecule has 0 aromatic heterocycles. The van der Waals surface area contributed by atoms with E-state index in [9.17, 15) is 14.9 Å². The van der Waals surface area contributed by atoms with Crippen LogP contribution in [0.25, 0.3) is 0 Å². The second-order valence-corrected chi connectivity index (χ2v) is 7.02. The van der Waals surface area contributed by atoms with Crippen molar-refractivity contribution in [2.75, 3.05) is 45.5 Å². The highest BCUT2D eigenvalue weighted by atomic mass is 16.6. The van der Waals surface area contributed by atoms with Crippen molar-refractivity contribution in [1.82, 2.24) is 0 Å². The fourth-order valence-corrected chi connectivity index (χ4v) is 3.42. The fourth-order valence-electron chi connectivity index (χ4n) is 3.42. The molecule has 27 heavy (non-hydrogen) atoms. The number of carbonyl (C=O) groups excluding carboxylic acids is 1. The SMILES string of the molecule is COCC(CC(=O)OC)c1ccc(N2CCOC[C@@H]2C(C)C)c([N+](=O)[O-])c1. The number of nitro groups is 1. The summed E-state index contributed by atoms with van der Waals surface area (Å²) in [7, 11) is 2.86. The van der Waals surface area contributed by atoms with Gasteiger partial charge in [0, 0.05) is 25.6 Å². The Morgan fingerprint density at radius 2 is 2.15 bits per heavy atom. The van der Waals surface area contributed by atoms with Crippen molar-refractivity contribution >= 4 is 17.3 Å². The van der Waals surface area contributed by atoms with Crippen LogP contribution in [0.1, 0.15) is 31.7 Å². The molecule has 8 nitrogen and oxygen atoms in total. The molecule has 150 valence electrons. The van der Waals surface area contributed by atoms with Gasteiger partial charge in [-0.25, -0.2) is 0 Å². The summed E-state index contributed by atoms with van der Waals surface area (Å²) < 4.78 is 15.5. The van der Waals surface area contributed by atoms with Crippen LogP contribution < -0.4 is 4.90 Å². The molecular formula is C19H28N2O6. The van der Waals surface area contributed by atoms with E-state index in [0.29, 0.717) is 36.9 Å². The quantitative estimate of drug-likeness (QED) is 0.389. The number of morpholine rings is 1. The van der Waals surface area contributed by atoms with E-state index in [4.69, 9.17) is 14.2 Å². The number of nitrogens with zero attached hydrogens (tertiary/aromatic N) is 2. The van der Waals surface area contributed by atoms with Crippen LogP contribution in [0.2, 0.25) is 0 Å². The van der Waals surface area contributed by atoms with Crippen LogP contribution in [0.5, 0.6) is 0 Å². The third kappa shape index (κ3) is 5.17. The number of esters is 1. The first-order valence-corrected chi connectivity index (χ1v) is 9.07. The first kappa shape index (κ1) is 21.1. The zero-order valence-electron chi connectivity index (χ0n) is 16.3. The van der Waals surface area contributed by atoms with Gasteiger partial charge in [-0.1, -0.05) is 19.9 Å². The second kappa shape index (κ2) is 9.66. The first-order valence-electron chi connectivity index (χ1n) is 9.07. The minimum absolute atomic E-state index is 0.0334. The molecule has 0 saturated carbocycles. The minimum Gasteiger partial charge on any atom is -0.469 e. The van der Waals surface area contributed by atoms with Crippen LogP contribution in [-0.4, -0.2) is 57.5 Å². The third-order valence-corrected chi connectivity index (χ3v) is 4.92. The summed E-state index contributed by atoms with van der Waals surface area (Å²) in [6.07, 6.45) is 0.104. The Bertz CT molecular complexity index is 664. The van der Waals surface area contributed by atoms with E-state index < -0.39 is 0 Å². The van der Waals surface area contributed by atoms with Crippen molar-refractivity contribution in [2.24, 2.45) is 5.92 Å². The molecule has 0 N–H and O–H groups in total. The topological polar surface area (TPSA) is 91.1 Å². The smallest absolute Gasteiger partial charge is 0.306 e. The van der Waals surface area contributed by atoms with E-state index in [-0.39, 0.29) is 41.6 Å². The molecule has 1 aliphatic rings. The maximum absolute atomic E-state index is 11.8. The molecule has 0 aliphatic carbocycles. The highest BCUT2D eigenvalue weighted by Gasteiger charge is 2.31. The lowest BCUT2D eigenvalue weighted by molar-refractivity contribution is -0.384. The maximum Gasteiger partial charge on any atom is 0.306 e. The predicted molar refractivity (Wildman–Crippen MR) is 101 cm³/mol. The fraction of sp³-hybridized carbons (Fsp3) is 0.632. The van der Waals surface area contributed by atoms with Gasteiger partial charge in [-0.3, -0.25) is 14.9 Å². The van der Waals surface area contributed by atoms with Crippen LogP contribution in [0.3, 0.4) is 0 Å². The minimum atomic E-state index is -0.378. The number of rotatable bonds is 8. The Kier molecular flexibility index (Phi) is 7.55. The van der Waals surface area contributed by atoms with E-state index in [1.54, 1.807) is 12.1 Å². The summed E-state index contributed by atoms with van der Waals surface area (Å²) in [4.78, 5) is 25.2. The van der Waals surface area contributed by atoms with Crippen molar-refractivity contribution in [3.8, 4) is 0 Å². The first-order chi connectivity index (χ1) is 12.9. The van der Waals surface area contributed by atoms with Crippen LogP contribution >= 0.6 is 0 Å². The van der Waals surface area contributed by atoms with Gasteiger partial charge in [0.2, 0.25) is 0 Å². The predicted octanol–water partition coefficient (Wildman–Crippen LogP) is 2.75. The monoisotopic (exact) mass is 380 g/mol. The van der Waals surface area contributed by atoms with E-state index in [0.717, 1.165) is 0 Å². The van der Waals surface area contributed by atoms with Crippen LogP contribution in [0.4, 0.5) is 11.4 Å². The Balaban J connectivity index is 2.40. The average molecular weight is 380 g/mol. The third-order valence-electron chi connectivity index (χ3n) is 4.92. The van der Waals surface area contributed by atoms with Crippen molar-refractivity contribution in [3.63, 3.8) is 0 Å². The molecule has 2 atom stereocenters. The summed E-state index contributed by atoms with van der Waals surface area (Å²) in [5.41, 5.74) is 1.30. The number of nitro benzene ring substituents is 1. The van der Waals surface area contributed by atoms with Gasteiger partial charge in [0.05, 0.1) is 44.3 Å². The molecule has 1 unspecified atom stereocenters. The van der Waals surface area contributed by atoms with Crippen LogP contribution in [-0.2, 0) is 19.0 Å². The summed E-state index contributed by atoms with van der Waals surface area (Å²) in [6.45, 7) is 6.13. The number of anilines is 1. The van der Waals surface area contributed by atoms with Crippen molar-refractivity contribution < 1.29 is 23.9 Å². The van der Waals surface area contributed by atoms with Gasteiger partial charge in [-0.05, 0) is 17.5 Å². The molecule has 8 heteroatoms. The molecule has 1 saturated heterocycles. The molecule has 2 rings (SSSR count). The molecule has 0 bridgehead atoms. The summed E-state index contributed by atoms with van der Waals surface area (Å²) in [5.74, 6) is -0.386. The van der Waals surface area contributed by atoms with Crippen LogP contribution in [0.15, 0.2) is 18.2 Å². The maximum atomic E-state index is 11.8. The lowest BCUT2D eigenvalue weighted by atomic mass is 9.94. The van der Waals surface area contributed by atoms with E-state index >= 15 is 0 Å². The van der Waals surface area contributed by atoms with Gasteiger partial charge in [0.25, 0.3) is 5.69 Å². The Morgan fingerprint density at radius 1 is 1.41 bits per heavy atom. The molecule has 1 aromatic rings. The average Bonchev–Trinajstić information content (AvgIpc) is 2.66. The van der Waals surface area contributed by atoms with Crippen molar-refractivity contribution in [3.05, 3.63) is 33.9 Å². The zero-order chi connectivity index (χ0) is 20.0. The summed E-state index contributed by atoms with van der Waals surface area (Å²) in [6, 6.07) is 5.23. The Labute approximate surface area is 159 Å². The van der Waals surface area contributed by atoms with Gasteiger partial charge in [-0.2, -0.15) is 0 Å². The second-order valence-electron chi connectivity index (χ2n) is 7.02. The molecule has 1 aromatic carbocycles. The molecule has 0 amide bonds. The standard InChI is InChI=1S/C19H28N2O6/c1-13(2)18-12-27-8-7-20(18)16-6-5-14(9-17(16)21(23)24)15(11-25-3)10-19(22)26-4/h5-6,9,13,15,18H,7-8,10-12H2,1-4H3/t15?,18-/m1/s1. The summed E-state index contributed by atoms with van der Waals surface area (Å²) >= 11 is 0. The van der Waals surface area contributed by atoms with Crippen molar-refractivity contribution in [1.29, 1.82) is 0 Å². The number of benzene rings is 1. The molecule has 1 aliphatic heterocycles. The van der Waals surface area contributed by atoms with Gasteiger partial charge >= 0.3 is 5.97 Å².